The Labute approximate surface area is 287 Å². The van der Waals surface area contributed by atoms with E-state index in [4.69, 9.17) is 11.6 Å². The Morgan fingerprint density at radius 3 is 1.88 bits per heavy atom. The van der Waals surface area contributed by atoms with Crippen molar-refractivity contribution < 1.29 is 21.6 Å². The SMILES string of the molecule is Cc1ccc(C2CC(=O)[C@@H]3CC(S(=O)(=O)c4ccc(C)cc4)C(c4cccc5ccccc45)CC3C2S(=O)(=O)c2ccc(Cl)cc2)cc1. The minimum absolute atomic E-state index is 0.0257. The number of hydrogen-bond donors (Lipinski definition) is 0. The van der Waals surface area contributed by atoms with Gasteiger partial charge in [0.05, 0.1) is 20.3 Å². The molecule has 0 N–H and O–H groups in total. The summed E-state index contributed by atoms with van der Waals surface area (Å²) in [6.45, 7) is 3.88. The fourth-order valence-corrected chi connectivity index (χ4v) is 12.6. The molecule has 0 spiro atoms. The van der Waals surface area contributed by atoms with Gasteiger partial charge in [-0.2, -0.15) is 0 Å². The third kappa shape index (κ3) is 5.80. The van der Waals surface area contributed by atoms with Gasteiger partial charge < -0.3 is 0 Å². The molecule has 0 aromatic heterocycles. The number of ketones is 1. The maximum Gasteiger partial charge on any atom is 0.182 e. The lowest BCUT2D eigenvalue weighted by Gasteiger charge is -2.48. The predicted octanol–water partition coefficient (Wildman–Crippen LogP) is 8.66. The summed E-state index contributed by atoms with van der Waals surface area (Å²) in [6, 6.07) is 34.6. The van der Waals surface area contributed by atoms with Gasteiger partial charge in [0.15, 0.2) is 19.7 Å². The second-order valence-corrected chi connectivity index (χ2v) is 18.2. The van der Waals surface area contributed by atoms with Gasteiger partial charge in [0.1, 0.15) is 5.78 Å². The van der Waals surface area contributed by atoms with Crippen molar-refractivity contribution in [1.29, 1.82) is 0 Å². The Balaban J connectivity index is 1.42. The van der Waals surface area contributed by atoms with Gasteiger partial charge in [0, 0.05) is 29.2 Å². The number of aryl methyl sites for hydroxylation is 2. The zero-order valence-corrected chi connectivity index (χ0v) is 29.2. The highest BCUT2D eigenvalue weighted by Gasteiger charge is 2.56. The normalized spacial score (nSPS) is 24.7. The van der Waals surface area contributed by atoms with E-state index in [1.807, 2.05) is 80.6 Å². The number of benzene rings is 5. The largest absolute Gasteiger partial charge is 0.299 e. The maximum atomic E-state index is 14.8. The minimum Gasteiger partial charge on any atom is -0.299 e. The predicted molar refractivity (Wildman–Crippen MR) is 191 cm³/mol. The second kappa shape index (κ2) is 12.6. The standard InChI is InChI=1S/C40H37ClO5S2/c1-25-10-14-28(15-11-25)34-23-38(42)35-24-39(47(43,44)30-18-12-26(2)13-19-30)36(33-9-5-7-27-6-3-4-8-32(27)33)22-37(35)40(34)48(45,46)31-20-16-29(41)17-21-31/h3-21,34-37,39-40H,22-24H2,1-2H3/t34?,35-,36?,37?,39?,40?/m1/s1. The molecular weight excluding hydrogens is 660 g/mol. The van der Waals surface area contributed by atoms with E-state index >= 15 is 0 Å². The number of hydrogen-bond acceptors (Lipinski definition) is 5. The zero-order valence-electron chi connectivity index (χ0n) is 26.8. The van der Waals surface area contributed by atoms with Gasteiger partial charge in [-0.1, -0.05) is 102 Å². The molecular formula is C40H37ClO5S2. The van der Waals surface area contributed by atoms with E-state index in [9.17, 15) is 21.6 Å². The summed E-state index contributed by atoms with van der Waals surface area (Å²) in [5.41, 5.74) is 3.64. The maximum absolute atomic E-state index is 14.8. The van der Waals surface area contributed by atoms with Crippen LogP contribution >= 0.6 is 11.6 Å². The van der Waals surface area contributed by atoms with Crippen molar-refractivity contribution in [2.45, 2.75) is 65.2 Å². The van der Waals surface area contributed by atoms with Crippen molar-refractivity contribution in [2.75, 3.05) is 0 Å². The molecule has 0 heterocycles. The van der Waals surface area contributed by atoms with Gasteiger partial charge in [-0.25, -0.2) is 16.8 Å². The Bertz CT molecular complexity index is 2210. The van der Waals surface area contributed by atoms with Gasteiger partial charge in [0.2, 0.25) is 0 Å². The number of rotatable bonds is 6. The Morgan fingerprint density at radius 2 is 1.19 bits per heavy atom. The summed E-state index contributed by atoms with van der Waals surface area (Å²) >= 11 is 6.17. The molecule has 5 aromatic carbocycles. The van der Waals surface area contributed by atoms with E-state index in [0.29, 0.717) is 5.02 Å². The van der Waals surface area contributed by atoms with Crippen LogP contribution in [0.25, 0.3) is 10.8 Å². The van der Waals surface area contributed by atoms with Gasteiger partial charge in [0.25, 0.3) is 0 Å². The molecule has 7 rings (SSSR count). The molecule has 6 atom stereocenters. The first-order chi connectivity index (χ1) is 22.9. The first-order valence-electron chi connectivity index (χ1n) is 16.3. The van der Waals surface area contributed by atoms with Crippen LogP contribution in [0.1, 0.15) is 53.4 Å². The van der Waals surface area contributed by atoms with Crippen LogP contribution in [0, 0.1) is 25.7 Å². The van der Waals surface area contributed by atoms with E-state index in [-0.39, 0.29) is 34.8 Å². The quantitative estimate of drug-likeness (QED) is 0.177. The molecule has 2 aliphatic carbocycles. The summed E-state index contributed by atoms with van der Waals surface area (Å²) in [5.74, 6) is -2.54. The smallest absolute Gasteiger partial charge is 0.182 e. The van der Waals surface area contributed by atoms with Crippen molar-refractivity contribution in [3.05, 3.63) is 143 Å². The summed E-state index contributed by atoms with van der Waals surface area (Å²) < 4.78 is 58.9. The van der Waals surface area contributed by atoms with Crippen LogP contribution < -0.4 is 0 Å². The van der Waals surface area contributed by atoms with Crippen LogP contribution in [0.3, 0.4) is 0 Å². The van der Waals surface area contributed by atoms with E-state index in [1.54, 1.807) is 36.4 Å². The number of halogens is 1. The van der Waals surface area contributed by atoms with E-state index in [1.165, 1.54) is 12.1 Å². The number of carbonyl (C=O) groups is 1. The topological polar surface area (TPSA) is 85.3 Å². The molecule has 8 heteroatoms. The third-order valence-electron chi connectivity index (χ3n) is 10.6. The average molecular weight is 697 g/mol. The molecule has 0 amide bonds. The van der Waals surface area contributed by atoms with Crippen LogP contribution in [0.15, 0.2) is 125 Å². The van der Waals surface area contributed by atoms with Crippen LogP contribution in [-0.4, -0.2) is 33.1 Å². The molecule has 5 aromatic rings. The van der Waals surface area contributed by atoms with Crippen molar-refractivity contribution in [2.24, 2.45) is 11.8 Å². The Hall–Kier alpha value is -3.78. The van der Waals surface area contributed by atoms with Crippen molar-refractivity contribution in [1.82, 2.24) is 0 Å². The van der Waals surface area contributed by atoms with Crippen molar-refractivity contribution in [3.63, 3.8) is 0 Å². The van der Waals surface area contributed by atoms with E-state index in [0.717, 1.165) is 33.0 Å². The molecule has 2 aliphatic rings. The molecule has 0 radical (unpaired) electrons. The van der Waals surface area contributed by atoms with Crippen LogP contribution in [0.5, 0.6) is 0 Å². The molecule has 5 unspecified atom stereocenters. The molecule has 5 nitrogen and oxygen atoms in total. The monoisotopic (exact) mass is 696 g/mol. The fourth-order valence-electron chi connectivity index (χ4n) is 8.21. The summed E-state index contributed by atoms with van der Waals surface area (Å²) in [7, 11) is -7.91. The number of carbonyl (C=O) groups excluding carboxylic acids is 1. The summed E-state index contributed by atoms with van der Waals surface area (Å²) in [6.07, 6.45) is 0.318. The first-order valence-corrected chi connectivity index (χ1v) is 19.8. The van der Waals surface area contributed by atoms with Gasteiger partial charge in [-0.05, 0) is 90.9 Å². The molecule has 48 heavy (non-hydrogen) atoms. The first kappa shape index (κ1) is 32.8. The highest BCUT2D eigenvalue weighted by molar-refractivity contribution is 7.92. The molecule has 0 aliphatic heterocycles. The minimum atomic E-state index is -4.00. The third-order valence-corrected chi connectivity index (χ3v) is 15.4. The Morgan fingerprint density at radius 1 is 0.604 bits per heavy atom. The van der Waals surface area contributed by atoms with E-state index in [2.05, 4.69) is 0 Å². The summed E-state index contributed by atoms with van der Waals surface area (Å²) in [5, 5.41) is 0.488. The average Bonchev–Trinajstić information content (AvgIpc) is 3.08. The van der Waals surface area contributed by atoms with Gasteiger partial charge in [-0.15, -0.1) is 0 Å². The number of Topliss-reactive ketones (excluding diaryl/α,β-unsaturated/α-hetero) is 1. The molecule has 0 saturated heterocycles. The second-order valence-electron chi connectivity index (χ2n) is 13.5. The fraction of sp³-hybridized carbons (Fsp3) is 0.275. The molecule has 246 valence electrons. The van der Waals surface area contributed by atoms with Crippen molar-refractivity contribution in [3.8, 4) is 0 Å². The number of sulfone groups is 2. The van der Waals surface area contributed by atoms with Crippen LogP contribution in [-0.2, 0) is 24.5 Å². The highest BCUT2D eigenvalue weighted by Crippen LogP contribution is 2.54. The highest BCUT2D eigenvalue weighted by atomic mass is 35.5. The molecule has 2 fully saturated rings. The number of fused-ring (bicyclic) bond motifs is 2. The Kier molecular flexibility index (Phi) is 8.59. The summed E-state index contributed by atoms with van der Waals surface area (Å²) in [4.78, 5) is 14.6. The van der Waals surface area contributed by atoms with Crippen LogP contribution in [0.2, 0.25) is 5.02 Å². The van der Waals surface area contributed by atoms with Crippen LogP contribution in [0.4, 0.5) is 0 Å². The zero-order chi connectivity index (χ0) is 33.8. The van der Waals surface area contributed by atoms with E-state index < -0.39 is 53.8 Å². The molecule has 2 saturated carbocycles. The van der Waals surface area contributed by atoms with Gasteiger partial charge in [-0.3, -0.25) is 4.79 Å². The lowest BCUT2D eigenvalue weighted by molar-refractivity contribution is -0.128. The van der Waals surface area contributed by atoms with Gasteiger partial charge >= 0.3 is 0 Å². The lowest BCUT2D eigenvalue weighted by atomic mass is 9.61. The lowest BCUT2D eigenvalue weighted by Crippen LogP contribution is -2.53. The molecule has 0 bridgehead atoms. The van der Waals surface area contributed by atoms with Crippen molar-refractivity contribution >= 4 is 47.8 Å².